The van der Waals surface area contributed by atoms with Crippen LogP contribution in [0.1, 0.15) is 44.1 Å². The molecule has 0 unspecified atom stereocenters. The highest BCUT2D eigenvalue weighted by molar-refractivity contribution is 7.15. The van der Waals surface area contributed by atoms with Crippen molar-refractivity contribution in [2.75, 3.05) is 17.2 Å². The summed E-state index contributed by atoms with van der Waals surface area (Å²) < 4.78 is 6.98. The Bertz CT molecular complexity index is 1170. The first-order chi connectivity index (χ1) is 15.8. The monoisotopic (exact) mass is 466 g/mol. The van der Waals surface area contributed by atoms with Gasteiger partial charge < -0.3 is 15.4 Å². The molecule has 0 spiro atoms. The van der Waals surface area contributed by atoms with Crippen LogP contribution in [-0.4, -0.2) is 34.2 Å². The van der Waals surface area contributed by atoms with Crippen molar-refractivity contribution in [2.45, 2.75) is 33.7 Å². The largest absolute Gasteiger partial charge is 0.452 e. The Kier molecular flexibility index (Phi) is 7.78. The van der Waals surface area contributed by atoms with E-state index in [2.05, 4.69) is 15.7 Å². The fourth-order valence-corrected chi connectivity index (χ4v) is 4.06. The van der Waals surface area contributed by atoms with E-state index in [1.165, 1.54) is 17.4 Å². The van der Waals surface area contributed by atoms with Crippen LogP contribution in [0.4, 0.5) is 10.8 Å². The standard InChI is InChI=1S/C24H26N4O4S/c1-15(2)12-20(29)27-23-22(18(14-33-23)17-8-6-5-7-9-17)24(31)32-13-21(30)26-19-10-11-25-28(19)16(3)4/h5-12,14,16H,13H2,1-4H3,(H,26,30)(H,27,29). The summed E-state index contributed by atoms with van der Waals surface area (Å²) in [5, 5.41) is 11.7. The second-order valence-corrected chi connectivity index (χ2v) is 8.69. The van der Waals surface area contributed by atoms with E-state index in [0.29, 0.717) is 16.4 Å². The lowest BCUT2D eigenvalue weighted by molar-refractivity contribution is -0.119. The molecule has 172 valence electrons. The van der Waals surface area contributed by atoms with E-state index in [9.17, 15) is 14.4 Å². The minimum atomic E-state index is -0.699. The van der Waals surface area contributed by atoms with Crippen molar-refractivity contribution in [1.29, 1.82) is 0 Å². The van der Waals surface area contributed by atoms with Gasteiger partial charge in [0, 0.05) is 29.1 Å². The summed E-state index contributed by atoms with van der Waals surface area (Å²) in [5.74, 6) is -1.01. The minimum absolute atomic E-state index is 0.0593. The molecule has 0 radical (unpaired) electrons. The van der Waals surface area contributed by atoms with Gasteiger partial charge in [0.2, 0.25) is 5.91 Å². The molecule has 33 heavy (non-hydrogen) atoms. The van der Waals surface area contributed by atoms with Gasteiger partial charge in [-0.1, -0.05) is 35.9 Å². The fourth-order valence-electron chi connectivity index (χ4n) is 3.10. The SMILES string of the molecule is CC(C)=CC(=O)Nc1scc(-c2ccccc2)c1C(=O)OCC(=O)Nc1ccnn1C(C)C. The molecule has 2 aromatic heterocycles. The summed E-state index contributed by atoms with van der Waals surface area (Å²) in [6.45, 7) is 7.02. The number of nitrogens with zero attached hydrogens (tertiary/aromatic N) is 2. The Morgan fingerprint density at radius 1 is 1.12 bits per heavy atom. The van der Waals surface area contributed by atoms with Gasteiger partial charge in [0.15, 0.2) is 6.61 Å². The quantitative estimate of drug-likeness (QED) is 0.363. The van der Waals surface area contributed by atoms with E-state index < -0.39 is 18.5 Å². The average molecular weight is 467 g/mol. The topological polar surface area (TPSA) is 102 Å². The minimum Gasteiger partial charge on any atom is -0.452 e. The van der Waals surface area contributed by atoms with E-state index in [4.69, 9.17) is 4.74 Å². The van der Waals surface area contributed by atoms with E-state index >= 15 is 0 Å². The van der Waals surface area contributed by atoms with Gasteiger partial charge in [-0.15, -0.1) is 11.3 Å². The maximum absolute atomic E-state index is 13.0. The van der Waals surface area contributed by atoms with Crippen molar-refractivity contribution in [3.8, 4) is 11.1 Å². The van der Waals surface area contributed by atoms with Crippen LogP contribution in [-0.2, 0) is 14.3 Å². The van der Waals surface area contributed by atoms with Crippen molar-refractivity contribution in [3.05, 3.63) is 65.2 Å². The van der Waals surface area contributed by atoms with E-state index in [-0.39, 0.29) is 17.5 Å². The highest BCUT2D eigenvalue weighted by Crippen LogP contribution is 2.36. The molecule has 0 bridgehead atoms. The first kappa shape index (κ1) is 23.9. The summed E-state index contributed by atoms with van der Waals surface area (Å²) >= 11 is 1.22. The van der Waals surface area contributed by atoms with Gasteiger partial charge in [-0.2, -0.15) is 5.10 Å². The number of nitrogens with one attached hydrogen (secondary N) is 2. The number of aromatic nitrogens is 2. The van der Waals surface area contributed by atoms with Crippen molar-refractivity contribution >= 4 is 39.9 Å². The maximum Gasteiger partial charge on any atom is 0.342 e. The maximum atomic E-state index is 13.0. The zero-order chi connectivity index (χ0) is 24.0. The van der Waals surface area contributed by atoms with E-state index in [0.717, 1.165) is 11.1 Å². The van der Waals surface area contributed by atoms with Crippen LogP contribution in [0.15, 0.2) is 59.6 Å². The molecule has 1 aromatic carbocycles. The predicted octanol–water partition coefficient (Wildman–Crippen LogP) is 4.89. The smallest absolute Gasteiger partial charge is 0.342 e. The van der Waals surface area contributed by atoms with Gasteiger partial charge in [0.05, 0.1) is 6.20 Å². The molecule has 0 aliphatic carbocycles. The molecule has 0 saturated carbocycles. The summed E-state index contributed by atoms with van der Waals surface area (Å²) in [7, 11) is 0. The molecule has 9 heteroatoms. The first-order valence-electron chi connectivity index (χ1n) is 10.4. The highest BCUT2D eigenvalue weighted by Gasteiger charge is 2.23. The summed E-state index contributed by atoms with van der Waals surface area (Å²) in [5.41, 5.74) is 2.46. The molecular weight excluding hydrogens is 440 g/mol. The molecule has 8 nitrogen and oxygen atoms in total. The first-order valence-corrected chi connectivity index (χ1v) is 11.3. The third-order valence-electron chi connectivity index (χ3n) is 4.50. The van der Waals surface area contributed by atoms with Crippen LogP contribution < -0.4 is 10.6 Å². The van der Waals surface area contributed by atoms with Gasteiger partial charge in [0.25, 0.3) is 5.91 Å². The zero-order valence-corrected chi connectivity index (χ0v) is 19.7. The number of rotatable bonds is 8. The molecule has 2 N–H and O–H groups in total. The van der Waals surface area contributed by atoms with Gasteiger partial charge in [-0.05, 0) is 33.3 Å². The van der Waals surface area contributed by atoms with E-state index in [1.54, 1.807) is 22.3 Å². The number of carbonyl (C=O) groups is 3. The molecule has 2 amide bonds. The molecule has 0 aliphatic heterocycles. The number of thiophene rings is 1. The van der Waals surface area contributed by atoms with Crippen LogP contribution >= 0.6 is 11.3 Å². The molecular formula is C24H26N4O4S. The molecule has 3 aromatic rings. The van der Waals surface area contributed by atoms with Crippen LogP contribution in [0.25, 0.3) is 11.1 Å². The summed E-state index contributed by atoms with van der Waals surface area (Å²) in [6.07, 6.45) is 3.03. The number of esters is 1. The zero-order valence-electron chi connectivity index (χ0n) is 18.9. The Balaban J connectivity index is 1.79. The van der Waals surface area contributed by atoms with Crippen molar-refractivity contribution in [2.24, 2.45) is 0 Å². The number of anilines is 2. The van der Waals surface area contributed by atoms with Gasteiger partial charge in [-0.3, -0.25) is 9.59 Å². The van der Waals surface area contributed by atoms with Crippen LogP contribution in [0.5, 0.6) is 0 Å². The van der Waals surface area contributed by atoms with Crippen molar-refractivity contribution in [3.63, 3.8) is 0 Å². The van der Waals surface area contributed by atoms with Gasteiger partial charge >= 0.3 is 5.97 Å². The van der Waals surface area contributed by atoms with Gasteiger partial charge in [-0.25, -0.2) is 9.48 Å². The lowest BCUT2D eigenvalue weighted by Crippen LogP contribution is -2.23. The van der Waals surface area contributed by atoms with Crippen molar-refractivity contribution in [1.82, 2.24) is 9.78 Å². The molecule has 2 heterocycles. The lowest BCUT2D eigenvalue weighted by atomic mass is 10.0. The Morgan fingerprint density at radius 3 is 2.52 bits per heavy atom. The number of benzene rings is 1. The predicted molar refractivity (Wildman–Crippen MR) is 129 cm³/mol. The summed E-state index contributed by atoms with van der Waals surface area (Å²) in [6, 6.07) is 11.0. The van der Waals surface area contributed by atoms with Gasteiger partial charge in [0.1, 0.15) is 16.4 Å². The number of allylic oxidation sites excluding steroid dienone is 1. The second kappa shape index (κ2) is 10.7. The number of hydrogen-bond acceptors (Lipinski definition) is 6. The fraction of sp³-hybridized carbons (Fsp3) is 0.250. The highest BCUT2D eigenvalue weighted by atomic mass is 32.1. The number of amides is 2. The molecule has 0 atom stereocenters. The third kappa shape index (κ3) is 6.17. The molecule has 0 fully saturated rings. The Hall–Kier alpha value is -3.72. The Labute approximate surface area is 196 Å². The number of ether oxygens (including phenoxy) is 1. The third-order valence-corrected chi connectivity index (χ3v) is 5.39. The van der Waals surface area contributed by atoms with Crippen LogP contribution in [0, 0.1) is 0 Å². The normalized spacial score (nSPS) is 10.6. The molecule has 0 aliphatic rings. The second-order valence-electron chi connectivity index (χ2n) is 7.81. The number of carbonyl (C=O) groups excluding carboxylic acids is 3. The number of hydrogen-bond donors (Lipinski definition) is 2. The Morgan fingerprint density at radius 2 is 1.85 bits per heavy atom. The van der Waals surface area contributed by atoms with E-state index in [1.807, 2.05) is 58.0 Å². The average Bonchev–Trinajstić information content (AvgIpc) is 3.39. The molecule has 3 rings (SSSR count). The molecule has 0 saturated heterocycles. The summed E-state index contributed by atoms with van der Waals surface area (Å²) in [4.78, 5) is 37.7. The van der Waals surface area contributed by atoms with Crippen LogP contribution in [0.3, 0.4) is 0 Å². The lowest BCUT2D eigenvalue weighted by Gasteiger charge is -2.12. The van der Waals surface area contributed by atoms with Crippen LogP contribution in [0.2, 0.25) is 0 Å². The van der Waals surface area contributed by atoms with Crippen molar-refractivity contribution < 1.29 is 19.1 Å².